The first-order chi connectivity index (χ1) is 15.4. The molecular weight excluding hydrogens is 444 g/mol. The molecule has 1 amide bonds. The SMILES string of the molecule is CCN(c1ccc(C(=O)NCc2ccc(OC)cc2)cc1)S(=O)(=O)c1ccc(SC)cc1. The maximum atomic E-state index is 13.1. The number of nitrogens with one attached hydrogen (secondary N) is 1. The molecule has 0 radical (unpaired) electrons. The van der Waals surface area contributed by atoms with Crippen LogP contribution in [0.1, 0.15) is 22.8 Å². The highest BCUT2D eigenvalue weighted by molar-refractivity contribution is 7.98. The van der Waals surface area contributed by atoms with Crippen LogP contribution in [0.3, 0.4) is 0 Å². The lowest BCUT2D eigenvalue weighted by Gasteiger charge is -2.23. The highest BCUT2D eigenvalue weighted by atomic mass is 32.2. The van der Waals surface area contributed by atoms with Crippen molar-refractivity contribution in [3.05, 3.63) is 83.9 Å². The van der Waals surface area contributed by atoms with Crippen molar-refractivity contribution in [3.63, 3.8) is 0 Å². The molecule has 0 atom stereocenters. The van der Waals surface area contributed by atoms with E-state index in [4.69, 9.17) is 4.74 Å². The molecule has 6 nitrogen and oxygen atoms in total. The Hall–Kier alpha value is -2.97. The van der Waals surface area contributed by atoms with E-state index in [-0.39, 0.29) is 17.3 Å². The number of rotatable bonds is 9. The van der Waals surface area contributed by atoms with Gasteiger partial charge in [0.2, 0.25) is 0 Å². The highest BCUT2D eigenvalue weighted by Gasteiger charge is 2.23. The lowest BCUT2D eigenvalue weighted by atomic mass is 10.1. The van der Waals surface area contributed by atoms with Crippen molar-refractivity contribution in [1.82, 2.24) is 5.32 Å². The van der Waals surface area contributed by atoms with Crippen LogP contribution in [0, 0.1) is 0 Å². The molecular formula is C24H26N2O4S2. The zero-order valence-electron chi connectivity index (χ0n) is 18.2. The molecule has 0 spiro atoms. The normalized spacial score (nSPS) is 11.1. The third kappa shape index (κ3) is 5.44. The second kappa shape index (κ2) is 10.6. The van der Waals surface area contributed by atoms with Crippen molar-refractivity contribution in [2.75, 3.05) is 24.2 Å². The first-order valence-corrected chi connectivity index (χ1v) is 12.7. The molecule has 0 unspecified atom stereocenters. The molecule has 168 valence electrons. The lowest BCUT2D eigenvalue weighted by molar-refractivity contribution is 0.0951. The van der Waals surface area contributed by atoms with Gasteiger partial charge in [-0.2, -0.15) is 0 Å². The van der Waals surface area contributed by atoms with Gasteiger partial charge in [0.05, 0.1) is 17.7 Å². The number of hydrogen-bond donors (Lipinski definition) is 1. The highest BCUT2D eigenvalue weighted by Crippen LogP contribution is 2.25. The Morgan fingerprint density at radius 1 is 0.969 bits per heavy atom. The minimum absolute atomic E-state index is 0.231. The van der Waals surface area contributed by atoms with Gasteiger partial charge >= 0.3 is 0 Å². The number of hydrogen-bond acceptors (Lipinski definition) is 5. The molecule has 0 saturated carbocycles. The molecule has 1 N–H and O–H groups in total. The predicted octanol–water partition coefficient (Wildman–Crippen LogP) is 4.56. The van der Waals surface area contributed by atoms with Gasteiger partial charge in [0.15, 0.2) is 0 Å². The van der Waals surface area contributed by atoms with E-state index in [0.717, 1.165) is 16.2 Å². The summed E-state index contributed by atoms with van der Waals surface area (Å²) in [5.74, 6) is 0.525. The molecule has 3 aromatic rings. The summed E-state index contributed by atoms with van der Waals surface area (Å²) in [5.41, 5.74) is 1.92. The Balaban J connectivity index is 1.71. The van der Waals surface area contributed by atoms with Gasteiger partial charge in [-0.1, -0.05) is 12.1 Å². The van der Waals surface area contributed by atoms with Gasteiger partial charge in [-0.15, -0.1) is 11.8 Å². The quantitative estimate of drug-likeness (QED) is 0.464. The average molecular weight is 471 g/mol. The van der Waals surface area contributed by atoms with E-state index in [1.54, 1.807) is 74.3 Å². The Morgan fingerprint density at radius 2 is 1.59 bits per heavy atom. The van der Waals surface area contributed by atoms with Gasteiger partial charge in [0.25, 0.3) is 15.9 Å². The number of thioether (sulfide) groups is 1. The number of amides is 1. The van der Waals surface area contributed by atoms with Crippen LogP contribution in [0.4, 0.5) is 5.69 Å². The van der Waals surface area contributed by atoms with E-state index in [1.165, 1.54) is 4.31 Å². The molecule has 0 aliphatic heterocycles. The molecule has 0 aliphatic carbocycles. The van der Waals surface area contributed by atoms with Crippen molar-refractivity contribution in [2.45, 2.75) is 23.3 Å². The van der Waals surface area contributed by atoms with Crippen molar-refractivity contribution in [2.24, 2.45) is 0 Å². The van der Waals surface area contributed by atoms with Crippen molar-refractivity contribution >= 4 is 33.4 Å². The van der Waals surface area contributed by atoms with Gasteiger partial charge in [-0.05, 0) is 79.4 Å². The Morgan fingerprint density at radius 3 is 2.12 bits per heavy atom. The summed E-state index contributed by atoms with van der Waals surface area (Å²) in [5, 5.41) is 2.87. The maximum absolute atomic E-state index is 13.1. The van der Waals surface area contributed by atoms with E-state index in [0.29, 0.717) is 17.8 Å². The molecule has 0 bridgehead atoms. The second-order valence-electron chi connectivity index (χ2n) is 6.92. The van der Waals surface area contributed by atoms with Crippen molar-refractivity contribution < 1.29 is 17.9 Å². The zero-order valence-corrected chi connectivity index (χ0v) is 19.9. The number of benzene rings is 3. The number of sulfonamides is 1. The van der Waals surface area contributed by atoms with Crippen LogP contribution in [0.2, 0.25) is 0 Å². The molecule has 3 aromatic carbocycles. The molecule has 8 heteroatoms. The van der Waals surface area contributed by atoms with Crippen molar-refractivity contribution in [1.29, 1.82) is 0 Å². The molecule has 32 heavy (non-hydrogen) atoms. The lowest BCUT2D eigenvalue weighted by Crippen LogP contribution is -2.31. The number of carbonyl (C=O) groups is 1. The van der Waals surface area contributed by atoms with Crippen LogP contribution < -0.4 is 14.4 Å². The van der Waals surface area contributed by atoms with E-state index < -0.39 is 10.0 Å². The molecule has 0 saturated heterocycles. The molecule has 0 heterocycles. The van der Waals surface area contributed by atoms with Crippen molar-refractivity contribution in [3.8, 4) is 5.75 Å². The van der Waals surface area contributed by atoms with Gasteiger partial charge in [-0.3, -0.25) is 9.10 Å². The number of carbonyl (C=O) groups excluding carboxylic acids is 1. The van der Waals surface area contributed by atoms with Gasteiger partial charge in [0, 0.05) is 23.5 Å². The number of anilines is 1. The van der Waals surface area contributed by atoms with Gasteiger partial charge < -0.3 is 10.1 Å². The largest absolute Gasteiger partial charge is 0.497 e. The monoisotopic (exact) mass is 470 g/mol. The fourth-order valence-electron chi connectivity index (χ4n) is 3.17. The van der Waals surface area contributed by atoms with Crippen LogP contribution in [0.25, 0.3) is 0 Å². The van der Waals surface area contributed by atoms with E-state index in [9.17, 15) is 13.2 Å². The van der Waals surface area contributed by atoms with E-state index in [1.807, 2.05) is 30.5 Å². The summed E-state index contributed by atoms with van der Waals surface area (Å²) in [6, 6.07) is 20.8. The third-order valence-electron chi connectivity index (χ3n) is 4.96. The molecule has 0 aromatic heterocycles. The predicted molar refractivity (Wildman–Crippen MR) is 129 cm³/mol. The topological polar surface area (TPSA) is 75.7 Å². The number of nitrogens with zero attached hydrogens (tertiary/aromatic N) is 1. The molecule has 0 fully saturated rings. The summed E-state index contributed by atoms with van der Waals surface area (Å²) in [4.78, 5) is 13.7. The number of ether oxygens (including phenoxy) is 1. The summed E-state index contributed by atoms with van der Waals surface area (Å²) in [6.45, 7) is 2.44. The summed E-state index contributed by atoms with van der Waals surface area (Å²) >= 11 is 1.56. The Kier molecular flexibility index (Phi) is 7.82. The van der Waals surface area contributed by atoms with Crippen LogP contribution in [0.15, 0.2) is 82.6 Å². The summed E-state index contributed by atoms with van der Waals surface area (Å²) < 4.78 is 32.7. The molecule has 0 aliphatic rings. The van der Waals surface area contributed by atoms with Gasteiger partial charge in [0.1, 0.15) is 5.75 Å². The second-order valence-corrected chi connectivity index (χ2v) is 9.66. The zero-order chi connectivity index (χ0) is 23.1. The molecule has 3 rings (SSSR count). The average Bonchev–Trinajstić information content (AvgIpc) is 2.83. The first-order valence-electron chi connectivity index (χ1n) is 10.1. The summed E-state index contributed by atoms with van der Waals surface area (Å²) in [6.07, 6.45) is 1.94. The summed E-state index contributed by atoms with van der Waals surface area (Å²) in [7, 11) is -2.10. The van der Waals surface area contributed by atoms with Crippen LogP contribution in [-0.2, 0) is 16.6 Å². The van der Waals surface area contributed by atoms with E-state index >= 15 is 0 Å². The fraction of sp³-hybridized carbons (Fsp3) is 0.208. The van der Waals surface area contributed by atoms with E-state index in [2.05, 4.69) is 5.32 Å². The minimum Gasteiger partial charge on any atom is -0.497 e. The van der Waals surface area contributed by atoms with Crippen LogP contribution in [0.5, 0.6) is 5.75 Å². The maximum Gasteiger partial charge on any atom is 0.264 e. The Bertz CT molecular complexity index is 1140. The smallest absolute Gasteiger partial charge is 0.264 e. The standard InChI is InChI=1S/C24H26N2O4S2/c1-4-26(32(28,29)23-15-13-22(31-3)14-16-23)20-9-7-19(8-10-20)24(27)25-17-18-5-11-21(30-2)12-6-18/h5-16H,4,17H2,1-3H3,(H,25,27). The van der Waals surface area contributed by atoms with Crippen LogP contribution >= 0.6 is 11.8 Å². The number of methoxy groups -OCH3 is 1. The van der Waals surface area contributed by atoms with Gasteiger partial charge in [-0.25, -0.2) is 8.42 Å². The minimum atomic E-state index is -3.70. The van der Waals surface area contributed by atoms with Crippen LogP contribution in [-0.4, -0.2) is 34.2 Å². The fourth-order valence-corrected chi connectivity index (χ4v) is 5.06. The third-order valence-corrected chi connectivity index (χ3v) is 7.62. The first kappa shape index (κ1) is 23.7. The Labute approximate surface area is 193 Å².